The lowest BCUT2D eigenvalue weighted by atomic mass is 10.0. The fraction of sp³-hybridized carbons (Fsp3) is 0.250. The van der Waals surface area contributed by atoms with Gasteiger partial charge in [0.05, 0.1) is 0 Å². The molecule has 3 N–H and O–H groups in total. The molecular weight excluding hydrogens is 276 g/mol. The third-order valence-corrected chi connectivity index (χ3v) is 3.07. The maximum atomic E-state index is 13.0. The third-order valence-electron chi connectivity index (χ3n) is 3.07. The molecule has 5 heteroatoms. The number of benzene rings is 2. The van der Waals surface area contributed by atoms with E-state index in [1.807, 2.05) is 30.3 Å². The highest BCUT2D eigenvalue weighted by Crippen LogP contribution is 2.16. The Kier molecular flexibility index (Phi) is 5.25. The van der Waals surface area contributed by atoms with Crippen LogP contribution in [-0.4, -0.2) is 23.9 Å². The van der Waals surface area contributed by atoms with Gasteiger partial charge in [-0.3, -0.25) is 0 Å². The van der Waals surface area contributed by atoms with E-state index in [4.69, 9.17) is 10.5 Å². The zero-order valence-electron chi connectivity index (χ0n) is 11.4. The first-order valence-electron chi connectivity index (χ1n) is 6.61. The van der Waals surface area contributed by atoms with Gasteiger partial charge in [-0.15, -0.1) is 0 Å². The van der Waals surface area contributed by atoms with Crippen LogP contribution in [0.3, 0.4) is 0 Å². The number of rotatable bonds is 6. The summed E-state index contributed by atoms with van der Waals surface area (Å²) in [5, 5.41) is 9.94. The monoisotopic (exact) mass is 293 g/mol. The average Bonchev–Trinajstić information content (AvgIpc) is 2.44. The minimum Gasteiger partial charge on any atom is -0.491 e. The van der Waals surface area contributed by atoms with Crippen molar-refractivity contribution in [2.24, 2.45) is 5.73 Å². The maximum absolute atomic E-state index is 13.0. The van der Waals surface area contributed by atoms with Gasteiger partial charge in [-0.1, -0.05) is 30.3 Å². The molecule has 0 fully saturated rings. The van der Waals surface area contributed by atoms with Crippen LogP contribution in [0.25, 0.3) is 0 Å². The molecule has 21 heavy (non-hydrogen) atoms. The summed E-state index contributed by atoms with van der Waals surface area (Å²) in [6, 6.07) is 11.8. The smallest absolute Gasteiger partial charge is 0.129 e. The van der Waals surface area contributed by atoms with Gasteiger partial charge >= 0.3 is 0 Å². The summed E-state index contributed by atoms with van der Waals surface area (Å²) < 4.78 is 31.2. The fourth-order valence-electron chi connectivity index (χ4n) is 1.94. The molecule has 0 spiro atoms. The molecule has 0 bridgehead atoms. The van der Waals surface area contributed by atoms with E-state index in [1.54, 1.807) is 0 Å². The lowest BCUT2D eigenvalue weighted by Crippen LogP contribution is -2.40. The Balaban J connectivity index is 1.87. The Bertz CT molecular complexity index is 557. The molecule has 0 aliphatic heterocycles. The Hall–Kier alpha value is -1.98. The van der Waals surface area contributed by atoms with Crippen LogP contribution >= 0.6 is 0 Å². The van der Waals surface area contributed by atoms with Gasteiger partial charge in [0, 0.05) is 24.2 Å². The zero-order valence-corrected chi connectivity index (χ0v) is 11.4. The predicted molar refractivity (Wildman–Crippen MR) is 76.0 cm³/mol. The van der Waals surface area contributed by atoms with E-state index in [2.05, 4.69) is 0 Å². The molecule has 0 heterocycles. The van der Waals surface area contributed by atoms with Crippen LogP contribution in [0.2, 0.25) is 0 Å². The van der Waals surface area contributed by atoms with Gasteiger partial charge in [-0.25, -0.2) is 8.78 Å². The van der Waals surface area contributed by atoms with Gasteiger partial charge in [0.15, 0.2) is 0 Å². The highest BCUT2D eigenvalue weighted by atomic mass is 19.1. The predicted octanol–water partition coefficient (Wildman–Crippen LogP) is 2.27. The summed E-state index contributed by atoms with van der Waals surface area (Å²) >= 11 is 0. The maximum Gasteiger partial charge on any atom is 0.129 e. The molecule has 2 aromatic carbocycles. The van der Waals surface area contributed by atoms with Crippen LogP contribution in [0.1, 0.15) is 5.56 Å². The molecule has 0 aliphatic carbocycles. The van der Waals surface area contributed by atoms with Crippen LogP contribution in [-0.2, 0) is 6.42 Å². The summed E-state index contributed by atoms with van der Waals surface area (Å²) in [4.78, 5) is 0. The number of aliphatic hydroxyl groups excluding tert-OH is 1. The SMILES string of the molecule is NC(Cc1ccccc1)C(O)COc1cc(F)cc(F)c1. The fourth-order valence-corrected chi connectivity index (χ4v) is 1.94. The Morgan fingerprint density at radius 3 is 2.29 bits per heavy atom. The van der Waals surface area contributed by atoms with E-state index in [0.29, 0.717) is 6.42 Å². The second-order valence-electron chi connectivity index (χ2n) is 4.84. The number of aliphatic hydroxyl groups is 1. The van der Waals surface area contributed by atoms with Gasteiger partial charge in [0.2, 0.25) is 0 Å². The standard InChI is InChI=1S/C16H17F2NO2/c17-12-7-13(18)9-14(8-12)21-10-16(20)15(19)6-11-4-2-1-3-5-11/h1-5,7-9,15-16,20H,6,10,19H2. The topological polar surface area (TPSA) is 55.5 Å². The van der Waals surface area contributed by atoms with Gasteiger partial charge in [0.25, 0.3) is 0 Å². The molecule has 2 rings (SSSR count). The first-order chi connectivity index (χ1) is 10.0. The first kappa shape index (κ1) is 15.4. The average molecular weight is 293 g/mol. The van der Waals surface area contributed by atoms with Crippen molar-refractivity contribution in [3.63, 3.8) is 0 Å². The molecule has 0 amide bonds. The van der Waals surface area contributed by atoms with Gasteiger partial charge in [0.1, 0.15) is 30.1 Å². The molecule has 2 aromatic rings. The van der Waals surface area contributed by atoms with Crippen LogP contribution in [0.5, 0.6) is 5.75 Å². The molecule has 0 radical (unpaired) electrons. The highest BCUT2D eigenvalue weighted by molar-refractivity contribution is 5.24. The third kappa shape index (κ3) is 4.81. The normalized spacial score (nSPS) is 13.7. The minimum absolute atomic E-state index is 0.0264. The molecule has 0 aromatic heterocycles. The summed E-state index contributed by atoms with van der Waals surface area (Å²) in [6.07, 6.45) is -0.445. The van der Waals surface area contributed by atoms with E-state index in [-0.39, 0.29) is 12.4 Å². The molecule has 0 aliphatic rings. The van der Waals surface area contributed by atoms with Gasteiger partial charge in [-0.2, -0.15) is 0 Å². The number of nitrogens with two attached hydrogens (primary N) is 1. The van der Waals surface area contributed by atoms with Crippen molar-refractivity contribution in [2.45, 2.75) is 18.6 Å². The summed E-state index contributed by atoms with van der Waals surface area (Å²) in [7, 11) is 0. The van der Waals surface area contributed by atoms with E-state index in [0.717, 1.165) is 23.8 Å². The number of halogens is 2. The quantitative estimate of drug-likeness (QED) is 0.859. The lowest BCUT2D eigenvalue weighted by molar-refractivity contribution is 0.0848. The van der Waals surface area contributed by atoms with Gasteiger partial charge < -0.3 is 15.6 Å². The summed E-state index contributed by atoms with van der Waals surface area (Å²) in [5.74, 6) is -1.43. The molecule has 0 saturated heterocycles. The summed E-state index contributed by atoms with van der Waals surface area (Å²) in [5.41, 5.74) is 6.90. The number of hydrogen-bond donors (Lipinski definition) is 2. The minimum atomic E-state index is -0.934. The van der Waals surface area contributed by atoms with Crippen molar-refractivity contribution in [2.75, 3.05) is 6.61 Å². The Morgan fingerprint density at radius 2 is 1.67 bits per heavy atom. The molecule has 112 valence electrons. The Labute approximate surface area is 122 Å². The molecular formula is C16H17F2NO2. The lowest BCUT2D eigenvalue weighted by Gasteiger charge is -2.19. The molecule has 3 nitrogen and oxygen atoms in total. The second kappa shape index (κ2) is 7.15. The molecule has 2 unspecified atom stereocenters. The van der Waals surface area contributed by atoms with Crippen molar-refractivity contribution in [1.29, 1.82) is 0 Å². The molecule has 0 saturated carbocycles. The van der Waals surface area contributed by atoms with Crippen LogP contribution < -0.4 is 10.5 Å². The zero-order chi connectivity index (χ0) is 15.2. The van der Waals surface area contributed by atoms with E-state index in [1.165, 1.54) is 0 Å². The van der Waals surface area contributed by atoms with E-state index >= 15 is 0 Å². The number of hydrogen-bond acceptors (Lipinski definition) is 3. The van der Waals surface area contributed by atoms with Crippen molar-refractivity contribution in [1.82, 2.24) is 0 Å². The summed E-state index contributed by atoms with van der Waals surface area (Å²) in [6.45, 7) is -0.128. The van der Waals surface area contributed by atoms with Crippen molar-refractivity contribution in [3.05, 3.63) is 65.7 Å². The highest BCUT2D eigenvalue weighted by Gasteiger charge is 2.16. The first-order valence-corrected chi connectivity index (χ1v) is 6.61. The van der Waals surface area contributed by atoms with E-state index < -0.39 is 23.8 Å². The van der Waals surface area contributed by atoms with Crippen LogP contribution in [0.15, 0.2) is 48.5 Å². The van der Waals surface area contributed by atoms with E-state index in [9.17, 15) is 13.9 Å². The van der Waals surface area contributed by atoms with Crippen molar-refractivity contribution in [3.8, 4) is 5.75 Å². The van der Waals surface area contributed by atoms with Crippen LogP contribution in [0.4, 0.5) is 8.78 Å². The largest absolute Gasteiger partial charge is 0.491 e. The molecule has 2 atom stereocenters. The second-order valence-corrected chi connectivity index (χ2v) is 4.84. The van der Waals surface area contributed by atoms with Crippen molar-refractivity contribution >= 4 is 0 Å². The van der Waals surface area contributed by atoms with Gasteiger partial charge in [-0.05, 0) is 12.0 Å². The Morgan fingerprint density at radius 1 is 1.05 bits per heavy atom. The van der Waals surface area contributed by atoms with Crippen LogP contribution in [0, 0.1) is 11.6 Å². The van der Waals surface area contributed by atoms with Crippen molar-refractivity contribution < 1.29 is 18.6 Å². The number of ether oxygens (including phenoxy) is 1.